The summed E-state index contributed by atoms with van der Waals surface area (Å²) in [6, 6.07) is 5.83. The second-order valence-corrected chi connectivity index (χ2v) is 3.67. The number of hydrogen-bond acceptors (Lipinski definition) is 1. The number of allylic oxidation sites excluding steroid dienone is 1. The topological polar surface area (TPSA) is 17.1 Å². The van der Waals surface area contributed by atoms with Gasteiger partial charge in [-0.3, -0.25) is 4.79 Å². The van der Waals surface area contributed by atoms with Crippen LogP contribution < -0.4 is 0 Å². The summed E-state index contributed by atoms with van der Waals surface area (Å²) in [5, 5.41) is 0. The van der Waals surface area contributed by atoms with Crippen molar-refractivity contribution in [2.75, 3.05) is 0 Å². The number of benzene rings is 1. The van der Waals surface area contributed by atoms with E-state index in [9.17, 15) is 4.79 Å². The molecule has 1 aromatic rings. The zero-order valence-electron chi connectivity index (χ0n) is 5.67. The molecule has 0 amide bonds. The molecule has 0 spiro atoms. The monoisotopic (exact) mass is 256 g/mol. The Morgan fingerprint density at radius 2 is 2.00 bits per heavy atom. The molecule has 0 unspecified atom stereocenters. The fourth-order valence-corrected chi connectivity index (χ4v) is 1.67. The molecule has 0 bridgehead atoms. The summed E-state index contributed by atoms with van der Waals surface area (Å²) in [4.78, 5) is 11.1. The smallest absolute Gasteiger partial charge is 0.186 e. The molecule has 0 atom stereocenters. The quantitative estimate of drug-likeness (QED) is 0.652. The van der Waals surface area contributed by atoms with Crippen LogP contribution in [0.5, 0.6) is 0 Å². The summed E-state index contributed by atoms with van der Waals surface area (Å²) < 4.78 is 1.17. The SMILES string of the molecule is O=C1C=Cc2cc(I)ccc21. The van der Waals surface area contributed by atoms with Crippen LogP contribution >= 0.6 is 22.6 Å². The van der Waals surface area contributed by atoms with E-state index in [-0.39, 0.29) is 5.78 Å². The van der Waals surface area contributed by atoms with Crippen LogP contribution in [-0.4, -0.2) is 5.78 Å². The van der Waals surface area contributed by atoms with Gasteiger partial charge < -0.3 is 0 Å². The molecule has 0 aromatic heterocycles. The number of rotatable bonds is 0. The van der Waals surface area contributed by atoms with Gasteiger partial charge in [0.15, 0.2) is 5.78 Å². The molecular formula is C9H5IO. The molecule has 2 rings (SSSR count). The first-order valence-electron chi connectivity index (χ1n) is 3.29. The van der Waals surface area contributed by atoms with Crippen LogP contribution in [0.3, 0.4) is 0 Å². The van der Waals surface area contributed by atoms with Gasteiger partial charge in [0.1, 0.15) is 0 Å². The highest BCUT2D eigenvalue weighted by Gasteiger charge is 2.12. The Morgan fingerprint density at radius 3 is 2.82 bits per heavy atom. The van der Waals surface area contributed by atoms with E-state index in [0.717, 1.165) is 11.1 Å². The van der Waals surface area contributed by atoms with Crippen molar-refractivity contribution in [3.63, 3.8) is 0 Å². The molecule has 0 radical (unpaired) electrons. The molecule has 0 N–H and O–H groups in total. The first kappa shape index (κ1) is 7.03. The predicted molar refractivity (Wildman–Crippen MR) is 52.5 cm³/mol. The van der Waals surface area contributed by atoms with E-state index >= 15 is 0 Å². The second kappa shape index (κ2) is 2.44. The highest BCUT2D eigenvalue weighted by molar-refractivity contribution is 14.1. The summed E-state index contributed by atoms with van der Waals surface area (Å²) in [5.74, 6) is 0.122. The third-order valence-electron chi connectivity index (χ3n) is 1.69. The Labute approximate surface area is 78.3 Å². The van der Waals surface area contributed by atoms with Gasteiger partial charge in [-0.1, -0.05) is 6.08 Å². The number of halogens is 1. The lowest BCUT2D eigenvalue weighted by Crippen LogP contribution is -1.90. The predicted octanol–water partition coefficient (Wildman–Crippen LogP) is 2.50. The molecule has 2 heteroatoms. The van der Waals surface area contributed by atoms with Gasteiger partial charge in [-0.05, 0) is 52.4 Å². The molecule has 11 heavy (non-hydrogen) atoms. The van der Waals surface area contributed by atoms with Crippen molar-refractivity contribution in [2.45, 2.75) is 0 Å². The maximum Gasteiger partial charge on any atom is 0.186 e. The molecule has 1 aromatic carbocycles. The van der Waals surface area contributed by atoms with Crippen LogP contribution in [-0.2, 0) is 0 Å². The van der Waals surface area contributed by atoms with E-state index in [1.165, 1.54) is 3.57 Å². The van der Waals surface area contributed by atoms with Crippen molar-refractivity contribution in [3.05, 3.63) is 39.0 Å². The van der Waals surface area contributed by atoms with Crippen LogP contribution in [0.25, 0.3) is 6.08 Å². The van der Waals surface area contributed by atoms with Gasteiger partial charge in [0.2, 0.25) is 0 Å². The summed E-state index contributed by atoms with van der Waals surface area (Å²) in [5.41, 5.74) is 1.87. The molecule has 0 aliphatic heterocycles. The standard InChI is InChI=1S/C9H5IO/c10-7-2-3-8-6(5-7)1-4-9(8)11/h1-5H. The molecule has 1 aliphatic carbocycles. The molecule has 54 valence electrons. The van der Waals surface area contributed by atoms with Gasteiger partial charge in [0, 0.05) is 9.13 Å². The van der Waals surface area contributed by atoms with Crippen molar-refractivity contribution < 1.29 is 4.79 Å². The van der Waals surface area contributed by atoms with Crippen LogP contribution in [0.4, 0.5) is 0 Å². The van der Waals surface area contributed by atoms with Gasteiger partial charge in [-0.2, -0.15) is 0 Å². The number of carbonyl (C=O) groups is 1. The molecule has 1 aliphatic rings. The Bertz CT molecular complexity index is 353. The van der Waals surface area contributed by atoms with E-state index in [1.54, 1.807) is 6.08 Å². The maximum absolute atomic E-state index is 11.1. The fourth-order valence-electron chi connectivity index (χ4n) is 1.15. The number of carbonyl (C=O) groups excluding carboxylic acids is 1. The molecule has 0 fully saturated rings. The largest absolute Gasteiger partial charge is 0.289 e. The Hall–Kier alpha value is -0.640. The lowest BCUT2D eigenvalue weighted by atomic mass is 10.1. The summed E-state index contributed by atoms with van der Waals surface area (Å²) in [6.07, 6.45) is 3.47. The highest BCUT2D eigenvalue weighted by Crippen LogP contribution is 2.21. The van der Waals surface area contributed by atoms with Gasteiger partial charge >= 0.3 is 0 Å². The third-order valence-corrected chi connectivity index (χ3v) is 2.36. The Kier molecular flexibility index (Phi) is 1.56. The van der Waals surface area contributed by atoms with Crippen LogP contribution in [0.15, 0.2) is 24.3 Å². The molecule has 0 saturated carbocycles. The van der Waals surface area contributed by atoms with E-state index in [0.29, 0.717) is 0 Å². The van der Waals surface area contributed by atoms with E-state index in [2.05, 4.69) is 22.6 Å². The summed E-state index contributed by atoms with van der Waals surface area (Å²) in [7, 11) is 0. The minimum absolute atomic E-state index is 0.122. The van der Waals surface area contributed by atoms with Crippen molar-refractivity contribution in [2.24, 2.45) is 0 Å². The third kappa shape index (κ3) is 1.11. The lowest BCUT2D eigenvalue weighted by molar-refractivity contribution is 0.105. The highest BCUT2D eigenvalue weighted by atomic mass is 127. The summed E-state index contributed by atoms with van der Waals surface area (Å²) in [6.45, 7) is 0. The van der Waals surface area contributed by atoms with Crippen molar-refractivity contribution in [3.8, 4) is 0 Å². The average Bonchev–Trinajstić information content (AvgIpc) is 2.32. The van der Waals surface area contributed by atoms with Crippen molar-refractivity contribution in [1.29, 1.82) is 0 Å². The van der Waals surface area contributed by atoms with Gasteiger partial charge in [-0.15, -0.1) is 0 Å². The normalized spacial score (nSPS) is 13.7. The Balaban J connectivity index is 2.66. The molecule has 0 heterocycles. The average molecular weight is 256 g/mol. The zero-order chi connectivity index (χ0) is 7.84. The fraction of sp³-hybridized carbons (Fsp3) is 0. The van der Waals surface area contributed by atoms with E-state index < -0.39 is 0 Å². The first-order chi connectivity index (χ1) is 5.27. The molecular weight excluding hydrogens is 251 g/mol. The number of fused-ring (bicyclic) bond motifs is 1. The lowest BCUT2D eigenvalue weighted by Gasteiger charge is -1.95. The van der Waals surface area contributed by atoms with E-state index in [4.69, 9.17) is 0 Å². The minimum atomic E-state index is 0.122. The molecule has 1 nitrogen and oxygen atoms in total. The van der Waals surface area contributed by atoms with E-state index in [1.807, 2.05) is 24.3 Å². The van der Waals surface area contributed by atoms with Crippen LogP contribution in [0, 0.1) is 3.57 Å². The van der Waals surface area contributed by atoms with Crippen LogP contribution in [0.2, 0.25) is 0 Å². The molecule has 0 saturated heterocycles. The summed E-state index contributed by atoms with van der Waals surface area (Å²) >= 11 is 2.24. The van der Waals surface area contributed by atoms with Crippen molar-refractivity contribution >= 4 is 34.5 Å². The zero-order valence-corrected chi connectivity index (χ0v) is 7.83. The second-order valence-electron chi connectivity index (χ2n) is 2.43. The Morgan fingerprint density at radius 1 is 1.18 bits per heavy atom. The van der Waals surface area contributed by atoms with Gasteiger partial charge in [0.25, 0.3) is 0 Å². The van der Waals surface area contributed by atoms with Crippen LogP contribution in [0.1, 0.15) is 15.9 Å². The van der Waals surface area contributed by atoms with Gasteiger partial charge in [-0.25, -0.2) is 0 Å². The number of ketones is 1. The van der Waals surface area contributed by atoms with Crippen molar-refractivity contribution in [1.82, 2.24) is 0 Å². The minimum Gasteiger partial charge on any atom is -0.289 e. The number of hydrogen-bond donors (Lipinski definition) is 0. The first-order valence-corrected chi connectivity index (χ1v) is 4.37. The van der Waals surface area contributed by atoms with Gasteiger partial charge in [0.05, 0.1) is 0 Å². The maximum atomic E-state index is 11.1.